The molecule has 0 bridgehead atoms. The lowest BCUT2D eigenvalue weighted by atomic mass is 10.1. The number of aryl methyl sites for hydroxylation is 3. The number of halogens is 1. The van der Waals surface area contributed by atoms with Gasteiger partial charge in [-0.15, -0.1) is 0 Å². The van der Waals surface area contributed by atoms with Crippen LogP contribution < -0.4 is 15.4 Å². The highest BCUT2D eigenvalue weighted by molar-refractivity contribution is 6.30. The monoisotopic (exact) mass is 471 g/mol. The van der Waals surface area contributed by atoms with Gasteiger partial charge < -0.3 is 24.5 Å². The standard InChI is InChI=1S/C25H30ClN3O4/c1-6-19(13-27-14-20-8-7-9-32-20)29-21-12-17(4)28-24(22(21)25(30)31-5)33-23-15(2)10-18(26)11-16(23)3/h7-12,19,27H,6,13-14H2,1-5H3,(H,28,29). The Morgan fingerprint density at radius 1 is 1.21 bits per heavy atom. The third kappa shape index (κ3) is 6.27. The maximum atomic E-state index is 12.8. The zero-order valence-electron chi connectivity index (χ0n) is 19.6. The van der Waals surface area contributed by atoms with Crippen LogP contribution in [-0.2, 0) is 11.3 Å². The van der Waals surface area contributed by atoms with E-state index in [1.54, 1.807) is 6.26 Å². The topological polar surface area (TPSA) is 85.6 Å². The molecule has 0 aliphatic heterocycles. The number of anilines is 1. The smallest absolute Gasteiger partial charge is 0.345 e. The minimum atomic E-state index is -0.525. The number of aromatic nitrogens is 1. The lowest BCUT2D eigenvalue weighted by Gasteiger charge is -2.22. The van der Waals surface area contributed by atoms with Gasteiger partial charge in [-0.25, -0.2) is 9.78 Å². The van der Waals surface area contributed by atoms with Crippen molar-refractivity contribution in [2.75, 3.05) is 19.0 Å². The Morgan fingerprint density at radius 3 is 2.55 bits per heavy atom. The van der Waals surface area contributed by atoms with Crippen LogP contribution in [0.3, 0.4) is 0 Å². The number of hydrogen-bond donors (Lipinski definition) is 2. The molecule has 7 nitrogen and oxygen atoms in total. The summed E-state index contributed by atoms with van der Waals surface area (Å²) in [6.07, 6.45) is 2.49. The van der Waals surface area contributed by atoms with Crippen LogP contribution in [0.4, 0.5) is 5.69 Å². The Balaban J connectivity index is 1.89. The first-order chi connectivity index (χ1) is 15.8. The van der Waals surface area contributed by atoms with Gasteiger partial charge in [0.25, 0.3) is 0 Å². The quantitative estimate of drug-likeness (QED) is 0.361. The van der Waals surface area contributed by atoms with Crippen molar-refractivity contribution < 1.29 is 18.7 Å². The number of furan rings is 1. The summed E-state index contributed by atoms with van der Waals surface area (Å²) in [6, 6.07) is 9.30. The highest BCUT2D eigenvalue weighted by Gasteiger charge is 2.24. The van der Waals surface area contributed by atoms with Crippen molar-refractivity contribution in [1.82, 2.24) is 10.3 Å². The van der Waals surface area contributed by atoms with Crippen LogP contribution in [0.25, 0.3) is 0 Å². The van der Waals surface area contributed by atoms with Crippen LogP contribution in [-0.4, -0.2) is 30.6 Å². The molecule has 2 heterocycles. The summed E-state index contributed by atoms with van der Waals surface area (Å²) in [7, 11) is 1.34. The fraction of sp³-hybridized carbons (Fsp3) is 0.360. The largest absolute Gasteiger partial charge is 0.468 e. The number of esters is 1. The predicted octanol–water partition coefficient (Wildman–Crippen LogP) is 5.81. The first-order valence-corrected chi connectivity index (χ1v) is 11.2. The van der Waals surface area contributed by atoms with Crippen LogP contribution in [0, 0.1) is 20.8 Å². The second kappa shape index (κ2) is 11.2. The van der Waals surface area contributed by atoms with Gasteiger partial charge in [0.15, 0.2) is 0 Å². The molecular formula is C25H30ClN3O4. The Kier molecular flexibility index (Phi) is 8.36. The molecule has 3 rings (SSSR count). The molecule has 8 heteroatoms. The van der Waals surface area contributed by atoms with Crippen LogP contribution >= 0.6 is 11.6 Å². The zero-order valence-corrected chi connectivity index (χ0v) is 20.4. The summed E-state index contributed by atoms with van der Waals surface area (Å²) >= 11 is 6.16. The molecule has 3 aromatic rings. The van der Waals surface area contributed by atoms with Crippen molar-refractivity contribution >= 4 is 23.3 Å². The van der Waals surface area contributed by atoms with E-state index in [0.29, 0.717) is 35.2 Å². The number of benzene rings is 1. The molecule has 0 radical (unpaired) electrons. The molecular weight excluding hydrogens is 442 g/mol. The Labute approximate surface area is 199 Å². The van der Waals surface area contributed by atoms with Crippen molar-refractivity contribution in [3.63, 3.8) is 0 Å². The lowest BCUT2D eigenvalue weighted by Crippen LogP contribution is -2.33. The molecule has 0 spiro atoms. The van der Waals surface area contributed by atoms with E-state index in [0.717, 1.165) is 23.3 Å². The molecule has 1 aromatic carbocycles. The molecule has 2 N–H and O–H groups in total. The molecule has 2 aromatic heterocycles. The van der Waals surface area contributed by atoms with E-state index in [-0.39, 0.29) is 17.5 Å². The fourth-order valence-corrected chi connectivity index (χ4v) is 3.91. The van der Waals surface area contributed by atoms with Gasteiger partial charge in [0, 0.05) is 23.3 Å². The summed E-state index contributed by atoms with van der Waals surface area (Å²) in [6.45, 7) is 9.03. The second-order valence-electron chi connectivity index (χ2n) is 7.91. The summed E-state index contributed by atoms with van der Waals surface area (Å²) in [5.41, 5.74) is 3.27. The number of nitrogens with zero attached hydrogens (tertiary/aromatic N) is 1. The third-order valence-corrected chi connectivity index (χ3v) is 5.47. The van der Waals surface area contributed by atoms with E-state index < -0.39 is 5.97 Å². The molecule has 0 aliphatic rings. The van der Waals surface area contributed by atoms with Crippen LogP contribution in [0.1, 0.15) is 46.3 Å². The molecule has 0 saturated carbocycles. The minimum Gasteiger partial charge on any atom is -0.468 e. The molecule has 0 fully saturated rings. The van der Waals surface area contributed by atoms with Crippen molar-refractivity contribution in [1.29, 1.82) is 0 Å². The highest BCUT2D eigenvalue weighted by atomic mass is 35.5. The van der Waals surface area contributed by atoms with Crippen LogP contribution in [0.5, 0.6) is 11.6 Å². The number of nitrogens with one attached hydrogen (secondary N) is 2. The summed E-state index contributed by atoms with van der Waals surface area (Å²) in [4.78, 5) is 17.3. The third-order valence-electron chi connectivity index (χ3n) is 5.25. The Bertz CT molecular complexity index is 1080. The summed E-state index contributed by atoms with van der Waals surface area (Å²) in [5.74, 6) is 1.14. The lowest BCUT2D eigenvalue weighted by molar-refractivity contribution is 0.0598. The summed E-state index contributed by atoms with van der Waals surface area (Å²) in [5, 5.41) is 7.47. The van der Waals surface area contributed by atoms with E-state index in [2.05, 4.69) is 22.5 Å². The molecule has 1 atom stereocenters. The van der Waals surface area contributed by atoms with Gasteiger partial charge in [0.2, 0.25) is 5.88 Å². The van der Waals surface area contributed by atoms with Crippen molar-refractivity contribution in [3.8, 4) is 11.6 Å². The van der Waals surface area contributed by atoms with Gasteiger partial charge in [0.05, 0.1) is 25.6 Å². The average molecular weight is 472 g/mol. The predicted molar refractivity (Wildman–Crippen MR) is 129 cm³/mol. The van der Waals surface area contributed by atoms with E-state index in [9.17, 15) is 4.79 Å². The highest BCUT2D eigenvalue weighted by Crippen LogP contribution is 2.35. The number of methoxy groups -OCH3 is 1. The zero-order chi connectivity index (χ0) is 24.0. The average Bonchev–Trinajstić information content (AvgIpc) is 3.28. The Hall–Kier alpha value is -3.03. The number of rotatable bonds is 10. The number of carbonyl (C=O) groups excluding carboxylic acids is 1. The van der Waals surface area contributed by atoms with Gasteiger partial charge in [-0.3, -0.25) is 0 Å². The molecule has 0 saturated heterocycles. The molecule has 33 heavy (non-hydrogen) atoms. The molecule has 0 amide bonds. The van der Waals surface area contributed by atoms with Gasteiger partial charge in [-0.05, 0) is 68.7 Å². The molecule has 1 unspecified atom stereocenters. The molecule has 176 valence electrons. The van der Waals surface area contributed by atoms with Gasteiger partial charge in [0.1, 0.15) is 17.1 Å². The fourth-order valence-electron chi connectivity index (χ4n) is 3.59. The van der Waals surface area contributed by atoms with E-state index in [4.69, 9.17) is 25.5 Å². The van der Waals surface area contributed by atoms with Crippen LogP contribution in [0.2, 0.25) is 5.02 Å². The first-order valence-electron chi connectivity index (χ1n) is 10.9. The van der Waals surface area contributed by atoms with Gasteiger partial charge >= 0.3 is 5.97 Å². The van der Waals surface area contributed by atoms with Crippen molar-refractivity contribution in [3.05, 3.63) is 69.8 Å². The SMILES string of the molecule is CCC(CNCc1ccco1)Nc1cc(C)nc(Oc2c(C)cc(Cl)cc2C)c1C(=O)OC. The first kappa shape index (κ1) is 24.6. The maximum absolute atomic E-state index is 12.8. The number of carbonyl (C=O) groups is 1. The summed E-state index contributed by atoms with van der Waals surface area (Å²) < 4.78 is 16.6. The minimum absolute atomic E-state index is 0.0528. The van der Waals surface area contributed by atoms with E-state index in [1.807, 2.05) is 51.1 Å². The number of hydrogen-bond acceptors (Lipinski definition) is 7. The normalized spacial score (nSPS) is 11.8. The van der Waals surface area contributed by atoms with E-state index in [1.165, 1.54) is 7.11 Å². The van der Waals surface area contributed by atoms with E-state index >= 15 is 0 Å². The second-order valence-corrected chi connectivity index (χ2v) is 8.35. The van der Waals surface area contributed by atoms with Gasteiger partial charge in [-0.2, -0.15) is 0 Å². The molecule has 0 aliphatic carbocycles. The van der Waals surface area contributed by atoms with Gasteiger partial charge in [-0.1, -0.05) is 18.5 Å². The number of pyridine rings is 1. The van der Waals surface area contributed by atoms with Crippen molar-refractivity contribution in [2.45, 2.75) is 46.7 Å². The van der Waals surface area contributed by atoms with Crippen LogP contribution in [0.15, 0.2) is 41.0 Å². The number of ether oxygens (including phenoxy) is 2. The maximum Gasteiger partial charge on any atom is 0.345 e. The van der Waals surface area contributed by atoms with Crippen molar-refractivity contribution in [2.24, 2.45) is 0 Å². The Morgan fingerprint density at radius 2 is 1.94 bits per heavy atom.